The lowest BCUT2D eigenvalue weighted by molar-refractivity contribution is 0.193. The fourth-order valence-corrected chi connectivity index (χ4v) is 3.58. The predicted molar refractivity (Wildman–Crippen MR) is 81.0 cm³/mol. The minimum atomic E-state index is -0.410. The van der Waals surface area contributed by atoms with Crippen LogP contribution in [0.1, 0.15) is 43.9 Å². The number of thiazole rings is 1. The molecule has 1 aliphatic rings. The average molecular weight is 283 g/mol. The van der Waals surface area contributed by atoms with E-state index in [1.807, 2.05) is 13.8 Å². The monoisotopic (exact) mass is 283 g/mol. The van der Waals surface area contributed by atoms with Gasteiger partial charge >= 0.3 is 0 Å². The fourth-order valence-electron chi connectivity index (χ4n) is 2.53. The van der Waals surface area contributed by atoms with Crippen LogP contribution in [0.25, 0.3) is 0 Å². The van der Waals surface area contributed by atoms with Crippen molar-refractivity contribution in [3.05, 3.63) is 10.6 Å². The van der Waals surface area contributed by atoms with E-state index in [1.54, 1.807) is 11.3 Å². The van der Waals surface area contributed by atoms with Crippen molar-refractivity contribution in [1.82, 2.24) is 9.88 Å². The summed E-state index contributed by atoms with van der Waals surface area (Å²) < 4.78 is 0. The molecular formula is C14H25N3OS. The van der Waals surface area contributed by atoms with Crippen molar-refractivity contribution in [3.63, 3.8) is 0 Å². The van der Waals surface area contributed by atoms with Crippen LogP contribution in [0.2, 0.25) is 0 Å². The van der Waals surface area contributed by atoms with Crippen LogP contribution in [-0.2, 0) is 0 Å². The topological polar surface area (TPSA) is 39.6 Å². The SMILES string of the molecule is CCC(C)N1CCN(c2nc(C)c(C(C)O)s2)CC1. The highest BCUT2D eigenvalue weighted by atomic mass is 32.1. The number of anilines is 1. The first-order chi connectivity index (χ1) is 9.02. The van der Waals surface area contributed by atoms with Crippen molar-refractivity contribution in [2.75, 3.05) is 31.1 Å². The number of piperazine rings is 1. The molecule has 2 heterocycles. The Labute approximate surface area is 120 Å². The number of aryl methyl sites for hydroxylation is 1. The summed E-state index contributed by atoms with van der Waals surface area (Å²) >= 11 is 1.64. The molecule has 2 rings (SSSR count). The first-order valence-electron chi connectivity index (χ1n) is 7.17. The third-order valence-electron chi connectivity index (χ3n) is 4.00. The normalized spacial score (nSPS) is 20.6. The largest absolute Gasteiger partial charge is 0.388 e. The van der Waals surface area contributed by atoms with E-state index in [2.05, 4.69) is 28.6 Å². The molecule has 1 fully saturated rings. The van der Waals surface area contributed by atoms with Gasteiger partial charge in [-0.1, -0.05) is 18.3 Å². The van der Waals surface area contributed by atoms with Gasteiger partial charge in [0.05, 0.1) is 16.7 Å². The molecule has 0 saturated carbocycles. The lowest BCUT2D eigenvalue weighted by Crippen LogP contribution is -2.49. The highest BCUT2D eigenvalue weighted by Crippen LogP contribution is 2.31. The van der Waals surface area contributed by atoms with Gasteiger partial charge < -0.3 is 10.0 Å². The van der Waals surface area contributed by atoms with Crippen molar-refractivity contribution in [3.8, 4) is 0 Å². The molecule has 0 aliphatic carbocycles. The number of rotatable bonds is 4. The molecule has 0 radical (unpaired) electrons. The molecular weight excluding hydrogens is 258 g/mol. The zero-order chi connectivity index (χ0) is 14.0. The Hall–Kier alpha value is -0.650. The third-order valence-corrected chi connectivity index (χ3v) is 5.39. The van der Waals surface area contributed by atoms with E-state index in [1.165, 1.54) is 6.42 Å². The first kappa shape index (κ1) is 14.8. The number of aliphatic hydroxyl groups is 1. The highest BCUT2D eigenvalue weighted by Gasteiger charge is 2.23. The maximum Gasteiger partial charge on any atom is 0.185 e. The average Bonchev–Trinajstić information content (AvgIpc) is 2.80. The van der Waals surface area contributed by atoms with E-state index in [-0.39, 0.29) is 0 Å². The summed E-state index contributed by atoms with van der Waals surface area (Å²) in [5, 5.41) is 10.8. The molecule has 0 aromatic carbocycles. The zero-order valence-electron chi connectivity index (χ0n) is 12.4. The van der Waals surface area contributed by atoms with Crippen molar-refractivity contribution in [1.29, 1.82) is 0 Å². The third kappa shape index (κ3) is 3.27. The van der Waals surface area contributed by atoms with Gasteiger partial charge in [-0.2, -0.15) is 0 Å². The maximum absolute atomic E-state index is 9.71. The van der Waals surface area contributed by atoms with Crippen LogP contribution in [0.3, 0.4) is 0 Å². The Balaban J connectivity index is 2.00. The smallest absolute Gasteiger partial charge is 0.185 e. The number of aromatic nitrogens is 1. The minimum absolute atomic E-state index is 0.410. The van der Waals surface area contributed by atoms with E-state index in [0.717, 1.165) is 41.9 Å². The standard InChI is InChI=1S/C14H25N3OS/c1-5-10(2)16-6-8-17(9-7-16)14-15-11(3)13(19-14)12(4)18/h10,12,18H,5-9H2,1-4H3. The molecule has 5 heteroatoms. The molecule has 0 spiro atoms. The second kappa shape index (κ2) is 6.20. The van der Waals surface area contributed by atoms with Gasteiger partial charge in [0.15, 0.2) is 5.13 Å². The summed E-state index contributed by atoms with van der Waals surface area (Å²) in [7, 11) is 0. The second-order valence-electron chi connectivity index (χ2n) is 5.40. The van der Waals surface area contributed by atoms with Crippen molar-refractivity contribution >= 4 is 16.5 Å². The van der Waals surface area contributed by atoms with E-state index in [9.17, 15) is 5.11 Å². The van der Waals surface area contributed by atoms with Crippen LogP contribution in [0, 0.1) is 6.92 Å². The molecule has 0 bridgehead atoms. The molecule has 19 heavy (non-hydrogen) atoms. The fraction of sp³-hybridized carbons (Fsp3) is 0.786. The summed E-state index contributed by atoms with van der Waals surface area (Å²) in [6, 6.07) is 0.674. The Bertz CT molecular complexity index is 411. The van der Waals surface area contributed by atoms with Gasteiger partial charge in [-0.3, -0.25) is 4.90 Å². The number of hydrogen-bond donors (Lipinski definition) is 1. The second-order valence-corrected chi connectivity index (χ2v) is 6.41. The zero-order valence-corrected chi connectivity index (χ0v) is 13.2. The highest BCUT2D eigenvalue weighted by molar-refractivity contribution is 7.15. The predicted octanol–water partition coefficient (Wildman–Crippen LogP) is 2.43. The minimum Gasteiger partial charge on any atom is -0.388 e. The van der Waals surface area contributed by atoms with Crippen molar-refractivity contribution in [2.24, 2.45) is 0 Å². The lowest BCUT2D eigenvalue weighted by atomic mass is 10.2. The quantitative estimate of drug-likeness (QED) is 0.921. The van der Waals surface area contributed by atoms with E-state index in [4.69, 9.17) is 0 Å². The summed E-state index contributed by atoms with van der Waals surface area (Å²) in [6.07, 6.45) is 0.801. The molecule has 2 unspecified atom stereocenters. The van der Waals surface area contributed by atoms with Gasteiger partial charge in [0.1, 0.15) is 0 Å². The van der Waals surface area contributed by atoms with E-state index >= 15 is 0 Å². The Kier molecular flexibility index (Phi) is 4.81. The van der Waals surface area contributed by atoms with Gasteiger partial charge in [-0.25, -0.2) is 4.98 Å². The van der Waals surface area contributed by atoms with Crippen molar-refractivity contribution < 1.29 is 5.11 Å². The van der Waals surface area contributed by atoms with Crippen LogP contribution in [-0.4, -0.2) is 47.2 Å². The van der Waals surface area contributed by atoms with Crippen molar-refractivity contribution in [2.45, 2.75) is 46.3 Å². The van der Waals surface area contributed by atoms with E-state index in [0.29, 0.717) is 6.04 Å². The summed E-state index contributed by atoms with van der Waals surface area (Å²) in [5.41, 5.74) is 0.972. The van der Waals surface area contributed by atoms with Crippen LogP contribution >= 0.6 is 11.3 Å². The molecule has 0 amide bonds. The molecule has 4 nitrogen and oxygen atoms in total. The summed E-state index contributed by atoms with van der Waals surface area (Å²) in [4.78, 5) is 10.5. The van der Waals surface area contributed by atoms with Gasteiger partial charge in [-0.05, 0) is 27.2 Å². The first-order valence-corrected chi connectivity index (χ1v) is 7.99. The number of aliphatic hydroxyl groups excluding tert-OH is 1. The molecule has 1 saturated heterocycles. The molecule has 1 aromatic heterocycles. The number of nitrogens with zero attached hydrogens (tertiary/aromatic N) is 3. The molecule has 1 aliphatic heterocycles. The Morgan fingerprint density at radius 3 is 2.37 bits per heavy atom. The van der Waals surface area contributed by atoms with Gasteiger partial charge in [0.25, 0.3) is 0 Å². The van der Waals surface area contributed by atoms with Gasteiger partial charge in [0.2, 0.25) is 0 Å². The van der Waals surface area contributed by atoms with Gasteiger partial charge in [0, 0.05) is 32.2 Å². The molecule has 108 valence electrons. The molecule has 1 N–H and O–H groups in total. The summed E-state index contributed by atoms with van der Waals surface area (Å²) in [5.74, 6) is 0. The summed E-state index contributed by atoms with van der Waals surface area (Å²) in [6.45, 7) is 12.6. The number of hydrogen-bond acceptors (Lipinski definition) is 5. The van der Waals surface area contributed by atoms with Crippen LogP contribution in [0.15, 0.2) is 0 Å². The van der Waals surface area contributed by atoms with Crippen LogP contribution in [0.4, 0.5) is 5.13 Å². The van der Waals surface area contributed by atoms with E-state index < -0.39 is 6.10 Å². The van der Waals surface area contributed by atoms with Gasteiger partial charge in [-0.15, -0.1) is 0 Å². The molecule has 2 atom stereocenters. The Morgan fingerprint density at radius 1 is 1.26 bits per heavy atom. The van der Waals surface area contributed by atoms with Crippen LogP contribution in [0.5, 0.6) is 0 Å². The van der Waals surface area contributed by atoms with Crippen LogP contribution < -0.4 is 4.90 Å². The molecule has 1 aromatic rings. The Morgan fingerprint density at radius 2 is 1.89 bits per heavy atom. The maximum atomic E-state index is 9.71. The lowest BCUT2D eigenvalue weighted by Gasteiger charge is -2.37.